The van der Waals surface area contributed by atoms with Crippen molar-refractivity contribution in [2.24, 2.45) is 7.05 Å². The van der Waals surface area contributed by atoms with Crippen molar-refractivity contribution in [2.75, 3.05) is 13.1 Å². The molecule has 0 N–H and O–H groups in total. The van der Waals surface area contributed by atoms with Crippen molar-refractivity contribution in [1.82, 2.24) is 19.2 Å². The molecule has 3 rings (SSSR count). The van der Waals surface area contributed by atoms with Gasteiger partial charge in [-0.1, -0.05) is 0 Å². The number of piperidine rings is 1. The number of aromatic nitrogens is 3. The third-order valence-corrected chi connectivity index (χ3v) is 4.51. The summed E-state index contributed by atoms with van der Waals surface area (Å²) in [5.74, 6) is 0.348. The lowest BCUT2D eigenvalue weighted by Crippen LogP contribution is -2.37. The molecule has 3 heterocycles. The normalized spacial score (nSPS) is 15.5. The van der Waals surface area contributed by atoms with Crippen LogP contribution in [0.15, 0.2) is 18.3 Å². The molecule has 7 heteroatoms. The lowest BCUT2D eigenvalue weighted by atomic mass is 10.1. The molecule has 7 nitrogen and oxygen atoms in total. The average Bonchev–Trinajstić information content (AvgIpc) is 3.10. The molecule has 0 aromatic carbocycles. The summed E-state index contributed by atoms with van der Waals surface area (Å²) in [5, 5.41) is 4.23. The Morgan fingerprint density at radius 3 is 2.46 bits per heavy atom. The zero-order valence-corrected chi connectivity index (χ0v) is 14.2. The van der Waals surface area contributed by atoms with Crippen molar-refractivity contribution >= 4 is 12.4 Å². The lowest BCUT2D eigenvalue weighted by molar-refractivity contribution is -0.120. The molecule has 2 aromatic heterocycles. The molecule has 0 aliphatic carbocycles. The van der Waals surface area contributed by atoms with Gasteiger partial charge in [-0.05, 0) is 26.0 Å². The van der Waals surface area contributed by atoms with E-state index in [9.17, 15) is 9.59 Å². The van der Waals surface area contributed by atoms with Gasteiger partial charge in [0, 0.05) is 44.4 Å². The largest absolute Gasteiger partial charge is 0.459 e. The molecule has 1 saturated heterocycles. The minimum atomic E-state index is -0.366. The van der Waals surface area contributed by atoms with Crippen LogP contribution in [-0.4, -0.2) is 50.8 Å². The molecule has 1 aliphatic heterocycles. The summed E-state index contributed by atoms with van der Waals surface area (Å²) >= 11 is 0. The fraction of sp³-hybridized carbons (Fsp3) is 0.471. The number of likely N-dealkylation sites (tertiary alicyclic amines) is 1. The highest BCUT2D eigenvalue weighted by Gasteiger charge is 2.26. The van der Waals surface area contributed by atoms with E-state index in [4.69, 9.17) is 4.74 Å². The standard InChI is InChI=1S/C17H22N4O3/c1-12-4-5-13(2)21(12)16-15(10-18-19(16)3)17(23)24-14-6-8-20(11-22)9-7-14/h4-5,10-11,14H,6-9H2,1-3H3. The number of hydrogen-bond acceptors (Lipinski definition) is 4. The number of nitrogens with zero attached hydrogens (tertiary/aromatic N) is 4. The molecular formula is C17H22N4O3. The van der Waals surface area contributed by atoms with E-state index in [-0.39, 0.29) is 12.1 Å². The van der Waals surface area contributed by atoms with Crippen LogP contribution in [0.25, 0.3) is 5.82 Å². The van der Waals surface area contributed by atoms with Gasteiger partial charge in [0.2, 0.25) is 6.41 Å². The van der Waals surface area contributed by atoms with E-state index in [0.717, 1.165) is 17.8 Å². The van der Waals surface area contributed by atoms with Gasteiger partial charge in [-0.3, -0.25) is 9.48 Å². The third kappa shape index (κ3) is 2.93. The second-order valence-corrected chi connectivity index (χ2v) is 6.20. The molecule has 1 aliphatic rings. The molecule has 0 spiro atoms. The first-order chi connectivity index (χ1) is 11.5. The van der Waals surface area contributed by atoms with Crippen molar-refractivity contribution in [3.63, 3.8) is 0 Å². The Bertz CT molecular complexity index is 734. The minimum absolute atomic E-state index is 0.159. The van der Waals surface area contributed by atoms with Crippen LogP contribution in [0.5, 0.6) is 0 Å². The first-order valence-corrected chi connectivity index (χ1v) is 8.09. The summed E-state index contributed by atoms with van der Waals surface area (Å²) in [4.78, 5) is 25.1. The lowest BCUT2D eigenvalue weighted by Gasteiger charge is -2.28. The SMILES string of the molecule is Cc1ccc(C)n1-c1c(C(=O)OC2CCN(C=O)CC2)cnn1C. The maximum absolute atomic E-state index is 12.6. The molecule has 128 valence electrons. The summed E-state index contributed by atoms with van der Waals surface area (Å²) in [7, 11) is 1.81. The Morgan fingerprint density at radius 1 is 1.25 bits per heavy atom. The Morgan fingerprint density at radius 2 is 1.88 bits per heavy atom. The Labute approximate surface area is 140 Å². The molecule has 0 atom stereocenters. The van der Waals surface area contributed by atoms with E-state index in [2.05, 4.69) is 5.10 Å². The minimum Gasteiger partial charge on any atom is -0.459 e. The van der Waals surface area contributed by atoms with Crippen LogP contribution in [-0.2, 0) is 16.6 Å². The van der Waals surface area contributed by atoms with Gasteiger partial charge < -0.3 is 14.2 Å². The van der Waals surface area contributed by atoms with Crippen LogP contribution in [0.4, 0.5) is 0 Å². The fourth-order valence-electron chi connectivity index (χ4n) is 3.16. The fourth-order valence-corrected chi connectivity index (χ4v) is 3.16. The smallest absolute Gasteiger partial charge is 0.343 e. The van der Waals surface area contributed by atoms with Crippen LogP contribution in [0.2, 0.25) is 0 Å². The molecule has 0 unspecified atom stereocenters. The first kappa shape index (κ1) is 16.3. The maximum Gasteiger partial charge on any atom is 0.343 e. The van der Waals surface area contributed by atoms with Gasteiger partial charge in [0.25, 0.3) is 0 Å². The third-order valence-electron chi connectivity index (χ3n) is 4.51. The van der Waals surface area contributed by atoms with Gasteiger partial charge in [0.1, 0.15) is 17.5 Å². The molecule has 0 radical (unpaired) electrons. The van der Waals surface area contributed by atoms with E-state index < -0.39 is 0 Å². The number of ether oxygens (including phenoxy) is 1. The second-order valence-electron chi connectivity index (χ2n) is 6.20. The van der Waals surface area contributed by atoms with Crippen LogP contribution in [0.1, 0.15) is 34.6 Å². The van der Waals surface area contributed by atoms with Crippen molar-refractivity contribution < 1.29 is 14.3 Å². The molecule has 1 amide bonds. The van der Waals surface area contributed by atoms with Gasteiger partial charge in [-0.25, -0.2) is 4.79 Å². The van der Waals surface area contributed by atoms with Crippen LogP contribution in [0, 0.1) is 13.8 Å². The number of amides is 1. The zero-order chi connectivity index (χ0) is 17.3. The molecular weight excluding hydrogens is 308 g/mol. The summed E-state index contributed by atoms with van der Waals surface area (Å²) in [6, 6.07) is 4.01. The topological polar surface area (TPSA) is 69.4 Å². The van der Waals surface area contributed by atoms with Gasteiger partial charge in [-0.2, -0.15) is 5.10 Å². The van der Waals surface area contributed by atoms with E-state index in [1.54, 1.807) is 15.8 Å². The number of aryl methyl sites for hydroxylation is 3. The predicted octanol–water partition coefficient (Wildman–Crippen LogP) is 1.61. The Balaban J connectivity index is 1.81. The highest BCUT2D eigenvalue weighted by molar-refractivity contribution is 5.92. The molecule has 0 bridgehead atoms. The Kier molecular flexibility index (Phi) is 4.42. The summed E-state index contributed by atoms with van der Waals surface area (Å²) < 4.78 is 9.34. The van der Waals surface area contributed by atoms with Crippen LogP contribution >= 0.6 is 0 Å². The average molecular weight is 330 g/mol. The highest BCUT2D eigenvalue weighted by Crippen LogP contribution is 2.22. The zero-order valence-electron chi connectivity index (χ0n) is 14.2. The van der Waals surface area contributed by atoms with Crippen molar-refractivity contribution in [2.45, 2.75) is 32.8 Å². The summed E-state index contributed by atoms with van der Waals surface area (Å²) in [5.41, 5.74) is 2.52. The number of hydrogen-bond donors (Lipinski definition) is 0. The van der Waals surface area contributed by atoms with E-state index in [1.165, 1.54) is 0 Å². The number of esters is 1. The van der Waals surface area contributed by atoms with Crippen molar-refractivity contribution in [3.05, 3.63) is 35.3 Å². The number of rotatable bonds is 4. The quantitative estimate of drug-likeness (QED) is 0.631. The monoisotopic (exact) mass is 330 g/mol. The highest BCUT2D eigenvalue weighted by atomic mass is 16.5. The first-order valence-electron chi connectivity index (χ1n) is 8.09. The predicted molar refractivity (Wildman–Crippen MR) is 88.1 cm³/mol. The molecule has 24 heavy (non-hydrogen) atoms. The summed E-state index contributed by atoms with van der Waals surface area (Å²) in [6.45, 7) is 5.23. The van der Waals surface area contributed by atoms with Gasteiger partial charge in [0.15, 0.2) is 0 Å². The van der Waals surface area contributed by atoms with Gasteiger partial charge >= 0.3 is 5.97 Å². The van der Waals surface area contributed by atoms with E-state index in [1.807, 2.05) is 37.6 Å². The number of carbonyl (C=O) groups is 2. The van der Waals surface area contributed by atoms with E-state index >= 15 is 0 Å². The number of carbonyl (C=O) groups excluding carboxylic acids is 2. The molecule has 0 saturated carbocycles. The van der Waals surface area contributed by atoms with Crippen LogP contribution < -0.4 is 0 Å². The molecule has 1 fully saturated rings. The van der Waals surface area contributed by atoms with Crippen molar-refractivity contribution in [1.29, 1.82) is 0 Å². The van der Waals surface area contributed by atoms with Crippen molar-refractivity contribution in [3.8, 4) is 5.82 Å². The van der Waals surface area contributed by atoms with E-state index in [0.29, 0.717) is 37.3 Å². The maximum atomic E-state index is 12.6. The van der Waals surface area contributed by atoms with Crippen LogP contribution in [0.3, 0.4) is 0 Å². The Hall–Kier alpha value is -2.57. The van der Waals surface area contributed by atoms with Gasteiger partial charge in [-0.15, -0.1) is 0 Å². The second kappa shape index (κ2) is 6.51. The van der Waals surface area contributed by atoms with Gasteiger partial charge in [0.05, 0.1) is 6.20 Å². The summed E-state index contributed by atoms with van der Waals surface area (Å²) in [6.07, 6.45) is 3.57. The molecule has 2 aromatic rings.